The van der Waals surface area contributed by atoms with Gasteiger partial charge in [0.1, 0.15) is 11.3 Å². The molecule has 1 aliphatic heterocycles. The fraction of sp³-hybridized carbons (Fsp3) is 0.438. The molecular weight excluding hydrogens is 268 g/mol. The van der Waals surface area contributed by atoms with Gasteiger partial charge in [-0.3, -0.25) is 10.2 Å². The highest BCUT2D eigenvalue weighted by Crippen LogP contribution is 2.28. The molecule has 0 unspecified atom stereocenters. The standard InChI is InChI=1S/C16H20N2O3/c1-11-13-10-12(20-2)6-7-14(13)21-15(11)16(19)17-18-8-4-3-5-9-18/h6-7,10H,3-5,8-9H2,1-2H3,(H,17,19). The van der Waals surface area contributed by atoms with Gasteiger partial charge in [-0.05, 0) is 38.0 Å². The number of piperidine rings is 1. The second-order valence-electron chi connectivity index (χ2n) is 5.41. The van der Waals surface area contributed by atoms with Crippen molar-refractivity contribution in [3.05, 3.63) is 29.5 Å². The normalized spacial score (nSPS) is 16.1. The lowest BCUT2D eigenvalue weighted by molar-refractivity contribution is 0.0722. The maximum atomic E-state index is 12.4. The van der Waals surface area contributed by atoms with Crippen molar-refractivity contribution in [1.29, 1.82) is 0 Å². The van der Waals surface area contributed by atoms with E-state index < -0.39 is 0 Å². The molecule has 1 aliphatic rings. The van der Waals surface area contributed by atoms with Crippen LogP contribution in [-0.2, 0) is 0 Å². The SMILES string of the molecule is COc1ccc2oc(C(=O)NN3CCCCC3)c(C)c2c1. The monoisotopic (exact) mass is 288 g/mol. The molecule has 1 fully saturated rings. The Bertz CT molecular complexity index is 657. The number of furan rings is 1. The van der Waals surface area contributed by atoms with Gasteiger partial charge in [0.25, 0.3) is 0 Å². The molecule has 0 saturated carbocycles. The first-order chi connectivity index (χ1) is 10.2. The Hall–Kier alpha value is -2.01. The third-order valence-electron chi connectivity index (χ3n) is 3.97. The van der Waals surface area contributed by atoms with Gasteiger partial charge in [-0.2, -0.15) is 0 Å². The largest absolute Gasteiger partial charge is 0.497 e. The summed E-state index contributed by atoms with van der Waals surface area (Å²) >= 11 is 0. The van der Waals surface area contributed by atoms with Crippen molar-refractivity contribution in [2.24, 2.45) is 0 Å². The van der Waals surface area contributed by atoms with Crippen LogP contribution in [0.2, 0.25) is 0 Å². The molecule has 5 heteroatoms. The Balaban J connectivity index is 1.85. The average Bonchev–Trinajstić information content (AvgIpc) is 2.85. The fourth-order valence-electron chi connectivity index (χ4n) is 2.74. The summed E-state index contributed by atoms with van der Waals surface area (Å²) in [7, 11) is 1.63. The summed E-state index contributed by atoms with van der Waals surface area (Å²) in [6.07, 6.45) is 3.48. The molecule has 0 bridgehead atoms. The van der Waals surface area contributed by atoms with E-state index in [9.17, 15) is 4.79 Å². The predicted octanol–water partition coefficient (Wildman–Crippen LogP) is 2.88. The minimum Gasteiger partial charge on any atom is -0.497 e. The smallest absolute Gasteiger partial charge is 0.301 e. The first-order valence-corrected chi connectivity index (χ1v) is 7.32. The molecule has 3 rings (SSSR count). The Morgan fingerprint density at radius 3 is 2.76 bits per heavy atom. The van der Waals surface area contributed by atoms with Gasteiger partial charge >= 0.3 is 5.91 Å². The quantitative estimate of drug-likeness (QED) is 0.943. The molecule has 0 aliphatic carbocycles. The van der Waals surface area contributed by atoms with Crippen LogP contribution in [0.3, 0.4) is 0 Å². The van der Waals surface area contributed by atoms with Crippen LogP contribution in [0.5, 0.6) is 5.75 Å². The first kappa shape index (κ1) is 13.9. The van der Waals surface area contributed by atoms with Crippen molar-refractivity contribution in [3.63, 3.8) is 0 Å². The summed E-state index contributed by atoms with van der Waals surface area (Å²) < 4.78 is 10.9. The summed E-state index contributed by atoms with van der Waals surface area (Å²) in [5.74, 6) is 0.961. The van der Waals surface area contributed by atoms with Crippen LogP contribution in [0, 0.1) is 6.92 Å². The Morgan fingerprint density at radius 1 is 1.29 bits per heavy atom. The minimum absolute atomic E-state index is 0.176. The summed E-state index contributed by atoms with van der Waals surface area (Å²) in [5.41, 5.74) is 4.49. The average molecular weight is 288 g/mol. The zero-order valence-electron chi connectivity index (χ0n) is 12.4. The van der Waals surface area contributed by atoms with Crippen LogP contribution in [-0.4, -0.2) is 31.1 Å². The fourth-order valence-corrected chi connectivity index (χ4v) is 2.74. The second kappa shape index (κ2) is 5.77. The lowest BCUT2D eigenvalue weighted by Gasteiger charge is -2.26. The van der Waals surface area contributed by atoms with Gasteiger partial charge in [0.05, 0.1) is 7.11 Å². The summed E-state index contributed by atoms with van der Waals surface area (Å²) in [6.45, 7) is 3.70. The Labute approximate surface area is 123 Å². The number of aryl methyl sites for hydroxylation is 1. The number of fused-ring (bicyclic) bond motifs is 1. The van der Waals surface area contributed by atoms with E-state index in [1.54, 1.807) is 7.11 Å². The van der Waals surface area contributed by atoms with E-state index in [-0.39, 0.29) is 5.91 Å². The highest BCUT2D eigenvalue weighted by molar-refractivity contribution is 5.99. The number of rotatable bonds is 3. The number of carbonyl (C=O) groups excluding carboxylic acids is 1. The maximum Gasteiger partial charge on any atom is 0.301 e. The number of hydrazine groups is 1. The molecule has 1 aromatic carbocycles. The number of nitrogens with one attached hydrogen (secondary N) is 1. The van der Waals surface area contributed by atoms with E-state index in [1.807, 2.05) is 30.1 Å². The summed E-state index contributed by atoms with van der Waals surface area (Å²) in [6, 6.07) is 5.56. The van der Waals surface area contributed by atoms with Crippen molar-refractivity contribution in [3.8, 4) is 5.75 Å². The molecule has 2 aromatic rings. The zero-order valence-corrected chi connectivity index (χ0v) is 12.4. The van der Waals surface area contributed by atoms with Gasteiger partial charge in [-0.25, -0.2) is 5.01 Å². The van der Waals surface area contributed by atoms with Crippen molar-refractivity contribution in [2.75, 3.05) is 20.2 Å². The van der Waals surface area contributed by atoms with E-state index in [0.29, 0.717) is 11.3 Å². The molecule has 0 atom stereocenters. The third kappa shape index (κ3) is 2.74. The highest BCUT2D eigenvalue weighted by Gasteiger charge is 2.20. The number of methoxy groups -OCH3 is 1. The molecule has 2 heterocycles. The molecule has 1 N–H and O–H groups in total. The third-order valence-corrected chi connectivity index (χ3v) is 3.97. The van der Waals surface area contributed by atoms with E-state index in [2.05, 4.69) is 5.43 Å². The Morgan fingerprint density at radius 2 is 2.05 bits per heavy atom. The van der Waals surface area contributed by atoms with Crippen LogP contribution in [0.15, 0.2) is 22.6 Å². The molecule has 1 aromatic heterocycles. The molecule has 21 heavy (non-hydrogen) atoms. The van der Waals surface area contributed by atoms with E-state index in [0.717, 1.165) is 42.6 Å². The van der Waals surface area contributed by atoms with Crippen LogP contribution >= 0.6 is 0 Å². The number of benzene rings is 1. The highest BCUT2D eigenvalue weighted by atomic mass is 16.5. The van der Waals surface area contributed by atoms with Gasteiger partial charge in [0, 0.05) is 24.0 Å². The maximum absolute atomic E-state index is 12.4. The second-order valence-corrected chi connectivity index (χ2v) is 5.41. The molecule has 0 radical (unpaired) electrons. The van der Waals surface area contributed by atoms with Crippen molar-refractivity contribution < 1.29 is 13.9 Å². The lowest BCUT2D eigenvalue weighted by atomic mass is 10.1. The van der Waals surface area contributed by atoms with Crippen molar-refractivity contribution >= 4 is 16.9 Å². The number of hydrogen-bond donors (Lipinski definition) is 1. The number of ether oxygens (including phenoxy) is 1. The molecule has 5 nitrogen and oxygen atoms in total. The molecule has 0 spiro atoms. The number of carbonyl (C=O) groups is 1. The van der Waals surface area contributed by atoms with E-state index >= 15 is 0 Å². The number of hydrogen-bond acceptors (Lipinski definition) is 4. The molecule has 112 valence electrons. The Kier molecular flexibility index (Phi) is 3.84. The number of amides is 1. The van der Waals surface area contributed by atoms with Crippen molar-refractivity contribution in [2.45, 2.75) is 26.2 Å². The minimum atomic E-state index is -0.176. The van der Waals surface area contributed by atoms with Gasteiger partial charge in [-0.1, -0.05) is 6.42 Å². The first-order valence-electron chi connectivity index (χ1n) is 7.32. The van der Waals surface area contributed by atoms with Gasteiger partial charge in [-0.15, -0.1) is 0 Å². The van der Waals surface area contributed by atoms with Gasteiger partial charge in [0.15, 0.2) is 5.76 Å². The lowest BCUT2D eigenvalue weighted by Crippen LogP contribution is -2.45. The van der Waals surface area contributed by atoms with E-state index in [1.165, 1.54) is 6.42 Å². The molecule has 1 amide bonds. The summed E-state index contributed by atoms with van der Waals surface area (Å²) in [5, 5.41) is 2.89. The van der Waals surface area contributed by atoms with Gasteiger partial charge in [0.2, 0.25) is 0 Å². The van der Waals surface area contributed by atoms with Crippen LogP contribution < -0.4 is 10.2 Å². The zero-order chi connectivity index (χ0) is 14.8. The van der Waals surface area contributed by atoms with Crippen LogP contribution in [0.1, 0.15) is 35.4 Å². The topological polar surface area (TPSA) is 54.7 Å². The molecular formula is C16H20N2O3. The van der Waals surface area contributed by atoms with Crippen LogP contribution in [0.4, 0.5) is 0 Å². The van der Waals surface area contributed by atoms with Crippen molar-refractivity contribution in [1.82, 2.24) is 10.4 Å². The predicted molar refractivity (Wildman–Crippen MR) is 80.4 cm³/mol. The number of nitrogens with zero attached hydrogens (tertiary/aromatic N) is 1. The summed E-state index contributed by atoms with van der Waals surface area (Å²) in [4.78, 5) is 12.4. The van der Waals surface area contributed by atoms with Crippen LogP contribution in [0.25, 0.3) is 11.0 Å². The van der Waals surface area contributed by atoms with E-state index in [4.69, 9.17) is 9.15 Å². The van der Waals surface area contributed by atoms with Gasteiger partial charge < -0.3 is 9.15 Å². The molecule has 1 saturated heterocycles.